The molecule has 1 atom stereocenters. The summed E-state index contributed by atoms with van der Waals surface area (Å²) < 4.78 is 17.8. The predicted octanol–water partition coefficient (Wildman–Crippen LogP) is 1.69. The SMILES string of the molecule is O=[S@](c1nc2ccccc2o1)C1CCNCC1. The zero-order valence-electron chi connectivity index (χ0n) is 9.39. The van der Waals surface area contributed by atoms with E-state index in [0.29, 0.717) is 10.8 Å². The Morgan fingerprint density at radius 1 is 1.29 bits per heavy atom. The molecule has 0 amide bonds. The normalized spacial score (nSPS) is 19.5. The van der Waals surface area contributed by atoms with Gasteiger partial charge in [0.2, 0.25) is 0 Å². The van der Waals surface area contributed by atoms with E-state index in [0.717, 1.165) is 31.4 Å². The summed E-state index contributed by atoms with van der Waals surface area (Å²) in [6, 6.07) is 7.53. The molecule has 1 aromatic carbocycles. The zero-order valence-corrected chi connectivity index (χ0v) is 10.2. The minimum absolute atomic E-state index is 0.171. The molecule has 1 saturated heterocycles. The Morgan fingerprint density at radius 2 is 2.06 bits per heavy atom. The van der Waals surface area contributed by atoms with Crippen LogP contribution < -0.4 is 5.32 Å². The van der Waals surface area contributed by atoms with Gasteiger partial charge in [0.15, 0.2) is 5.58 Å². The number of hydrogen-bond acceptors (Lipinski definition) is 4. The molecule has 2 aromatic rings. The third-order valence-electron chi connectivity index (χ3n) is 3.04. The molecule has 0 unspecified atom stereocenters. The molecule has 0 bridgehead atoms. The van der Waals surface area contributed by atoms with Gasteiger partial charge in [-0.15, -0.1) is 0 Å². The van der Waals surface area contributed by atoms with E-state index in [1.54, 1.807) is 0 Å². The molecule has 90 valence electrons. The van der Waals surface area contributed by atoms with E-state index in [-0.39, 0.29) is 5.25 Å². The highest BCUT2D eigenvalue weighted by Crippen LogP contribution is 2.22. The Hall–Kier alpha value is -1.20. The van der Waals surface area contributed by atoms with Crippen molar-refractivity contribution in [3.8, 4) is 0 Å². The van der Waals surface area contributed by atoms with Crippen molar-refractivity contribution in [1.82, 2.24) is 10.3 Å². The van der Waals surface area contributed by atoms with E-state index >= 15 is 0 Å². The highest BCUT2D eigenvalue weighted by molar-refractivity contribution is 7.85. The summed E-state index contributed by atoms with van der Waals surface area (Å²) in [5.41, 5.74) is 1.49. The van der Waals surface area contributed by atoms with Gasteiger partial charge in [-0.1, -0.05) is 12.1 Å². The molecule has 2 heterocycles. The number of piperidine rings is 1. The van der Waals surface area contributed by atoms with Gasteiger partial charge in [0.25, 0.3) is 5.22 Å². The lowest BCUT2D eigenvalue weighted by Crippen LogP contribution is -2.33. The van der Waals surface area contributed by atoms with Gasteiger partial charge in [0.05, 0.1) is 0 Å². The molecule has 1 aliphatic rings. The second kappa shape index (κ2) is 4.58. The van der Waals surface area contributed by atoms with Crippen LogP contribution in [0.15, 0.2) is 33.9 Å². The number of oxazole rings is 1. The summed E-state index contributed by atoms with van der Waals surface area (Å²) in [6.07, 6.45) is 1.84. The highest BCUT2D eigenvalue weighted by Gasteiger charge is 2.24. The van der Waals surface area contributed by atoms with Crippen molar-refractivity contribution in [3.05, 3.63) is 24.3 Å². The Kier molecular flexibility index (Phi) is 2.94. The van der Waals surface area contributed by atoms with Crippen LogP contribution in [0, 0.1) is 0 Å². The number of nitrogens with zero attached hydrogens (tertiary/aromatic N) is 1. The van der Waals surface area contributed by atoms with E-state index in [1.807, 2.05) is 24.3 Å². The van der Waals surface area contributed by atoms with E-state index in [1.165, 1.54) is 0 Å². The van der Waals surface area contributed by atoms with Crippen LogP contribution in [0.4, 0.5) is 0 Å². The van der Waals surface area contributed by atoms with Crippen molar-refractivity contribution in [3.63, 3.8) is 0 Å². The number of fused-ring (bicyclic) bond motifs is 1. The first-order valence-corrected chi connectivity index (χ1v) is 7.03. The summed E-state index contributed by atoms with van der Waals surface area (Å²) >= 11 is 0. The Morgan fingerprint density at radius 3 is 2.82 bits per heavy atom. The number of aromatic nitrogens is 1. The number of rotatable bonds is 2. The molecule has 1 aromatic heterocycles. The Labute approximate surface area is 102 Å². The first kappa shape index (κ1) is 10.9. The Balaban J connectivity index is 1.89. The lowest BCUT2D eigenvalue weighted by Gasteiger charge is -2.20. The van der Waals surface area contributed by atoms with E-state index < -0.39 is 10.8 Å². The number of hydrogen-bond donors (Lipinski definition) is 1. The second-order valence-electron chi connectivity index (χ2n) is 4.19. The van der Waals surface area contributed by atoms with Gasteiger partial charge in [-0.2, -0.15) is 0 Å². The lowest BCUT2D eigenvalue weighted by atomic mass is 10.2. The molecule has 3 rings (SSSR count). The largest absolute Gasteiger partial charge is 0.430 e. The predicted molar refractivity (Wildman–Crippen MR) is 66.3 cm³/mol. The summed E-state index contributed by atoms with van der Waals surface area (Å²) in [6.45, 7) is 1.85. The zero-order chi connectivity index (χ0) is 11.7. The first-order chi connectivity index (χ1) is 8.34. The average Bonchev–Trinajstić information content (AvgIpc) is 2.82. The van der Waals surface area contributed by atoms with Gasteiger partial charge in [-0.25, -0.2) is 9.19 Å². The maximum Gasteiger partial charge on any atom is 0.288 e. The second-order valence-corrected chi connectivity index (χ2v) is 5.80. The summed E-state index contributed by atoms with van der Waals surface area (Å²) in [4.78, 5) is 4.30. The van der Waals surface area contributed by atoms with Gasteiger partial charge in [-0.05, 0) is 38.1 Å². The fraction of sp³-hybridized carbons (Fsp3) is 0.417. The lowest BCUT2D eigenvalue weighted by molar-refractivity contribution is 0.463. The Bertz CT molecular complexity index is 513. The minimum Gasteiger partial charge on any atom is -0.430 e. The van der Waals surface area contributed by atoms with Crippen molar-refractivity contribution in [2.24, 2.45) is 0 Å². The molecule has 0 spiro atoms. The molecule has 1 N–H and O–H groups in total. The first-order valence-electron chi connectivity index (χ1n) is 5.81. The molecular weight excluding hydrogens is 236 g/mol. The van der Waals surface area contributed by atoms with Crippen LogP contribution in [-0.2, 0) is 10.8 Å². The number of nitrogens with one attached hydrogen (secondary N) is 1. The number of benzene rings is 1. The third kappa shape index (κ3) is 2.12. The highest BCUT2D eigenvalue weighted by atomic mass is 32.2. The van der Waals surface area contributed by atoms with Gasteiger partial charge >= 0.3 is 0 Å². The van der Waals surface area contributed by atoms with E-state index in [4.69, 9.17) is 4.42 Å². The van der Waals surface area contributed by atoms with Crippen LogP contribution in [0.25, 0.3) is 11.1 Å². The topological polar surface area (TPSA) is 55.1 Å². The van der Waals surface area contributed by atoms with Gasteiger partial charge in [-0.3, -0.25) is 0 Å². The number of para-hydroxylation sites is 2. The van der Waals surface area contributed by atoms with Gasteiger partial charge in [0.1, 0.15) is 16.3 Å². The summed E-state index contributed by atoms with van der Waals surface area (Å²) in [5, 5.41) is 3.81. The van der Waals surface area contributed by atoms with Crippen molar-refractivity contribution in [2.45, 2.75) is 23.3 Å². The summed E-state index contributed by atoms with van der Waals surface area (Å²) in [7, 11) is -1.12. The van der Waals surface area contributed by atoms with E-state index in [2.05, 4.69) is 10.3 Å². The maximum atomic E-state index is 12.3. The van der Waals surface area contributed by atoms with Crippen molar-refractivity contribution in [2.75, 3.05) is 13.1 Å². The van der Waals surface area contributed by atoms with Gasteiger partial charge < -0.3 is 9.73 Å². The molecule has 1 aliphatic heterocycles. The van der Waals surface area contributed by atoms with Crippen LogP contribution in [0.2, 0.25) is 0 Å². The van der Waals surface area contributed by atoms with Crippen molar-refractivity contribution < 1.29 is 8.63 Å². The molecule has 0 saturated carbocycles. The standard InChI is InChI=1S/C12H14N2O2S/c15-17(9-5-7-13-8-6-9)12-14-10-3-1-2-4-11(10)16-12/h1-4,9,13H,5-8H2/t17-/m0/s1. The molecule has 0 radical (unpaired) electrons. The van der Waals surface area contributed by atoms with Crippen LogP contribution in [-0.4, -0.2) is 27.5 Å². The quantitative estimate of drug-likeness (QED) is 0.881. The third-order valence-corrected chi connectivity index (χ3v) is 4.63. The molecule has 4 nitrogen and oxygen atoms in total. The molecule has 5 heteroatoms. The smallest absolute Gasteiger partial charge is 0.288 e. The van der Waals surface area contributed by atoms with Crippen molar-refractivity contribution in [1.29, 1.82) is 0 Å². The minimum atomic E-state index is -1.12. The van der Waals surface area contributed by atoms with E-state index in [9.17, 15) is 4.21 Å². The molecule has 1 fully saturated rings. The molecule has 17 heavy (non-hydrogen) atoms. The average molecular weight is 250 g/mol. The van der Waals surface area contributed by atoms with Crippen molar-refractivity contribution >= 4 is 21.9 Å². The van der Waals surface area contributed by atoms with Crippen LogP contribution >= 0.6 is 0 Å². The van der Waals surface area contributed by atoms with Crippen LogP contribution in [0.5, 0.6) is 0 Å². The molecular formula is C12H14N2O2S. The van der Waals surface area contributed by atoms with Crippen LogP contribution in [0.1, 0.15) is 12.8 Å². The fourth-order valence-corrected chi connectivity index (χ4v) is 3.40. The molecule has 0 aliphatic carbocycles. The monoisotopic (exact) mass is 250 g/mol. The van der Waals surface area contributed by atoms with Crippen LogP contribution in [0.3, 0.4) is 0 Å². The summed E-state index contributed by atoms with van der Waals surface area (Å²) in [5.74, 6) is 0. The fourth-order valence-electron chi connectivity index (χ4n) is 2.09. The maximum absolute atomic E-state index is 12.3. The van der Waals surface area contributed by atoms with Gasteiger partial charge in [0, 0.05) is 5.25 Å².